The lowest BCUT2D eigenvalue weighted by Gasteiger charge is -2.31. The summed E-state index contributed by atoms with van der Waals surface area (Å²) in [5, 5.41) is 4.02. The number of nitrogens with zero attached hydrogens (tertiary/aromatic N) is 2. The first-order valence-corrected chi connectivity index (χ1v) is 8.62. The molecule has 1 fully saturated rings. The molecule has 1 aliphatic rings. The first-order chi connectivity index (χ1) is 11.9. The highest BCUT2D eigenvalue weighted by molar-refractivity contribution is 6.06. The number of benzene rings is 1. The summed E-state index contributed by atoms with van der Waals surface area (Å²) in [6, 6.07) is 7.93. The van der Waals surface area contributed by atoms with Crippen molar-refractivity contribution >= 4 is 22.7 Å². The largest absolute Gasteiger partial charge is 0.369 e. The maximum atomic E-state index is 12.8. The lowest BCUT2D eigenvalue weighted by Crippen LogP contribution is -2.46. The predicted octanol–water partition coefficient (Wildman–Crippen LogP) is 1.53. The number of likely N-dealkylation sites (tertiary alicyclic amines) is 1. The van der Waals surface area contributed by atoms with E-state index in [0.29, 0.717) is 5.56 Å². The van der Waals surface area contributed by atoms with Crippen LogP contribution in [-0.4, -0.2) is 47.4 Å². The molecule has 25 heavy (non-hydrogen) atoms. The number of aromatic nitrogens is 1. The Bertz CT molecular complexity index is 810. The molecule has 0 aliphatic carbocycles. The van der Waals surface area contributed by atoms with Gasteiger partial charge in [0.1, 0.15) is 0 Å². The van der Waals surface area contributed by atoms with E-state index in [2.05, 4.69) is 10.3 Å². The Morgan fingerprint density at radius 2 is 1.96 bits per heavy atom. The van der Waals surface area contributed by atoms with E-state index in [0.717, 1.165) is 48.1 Å². The summed E-state index contributed by atoms with van der Waals surface area (Å²) in [6.45, 7) is 5.73. The van der Waals surface area contributed by atoms with Gasteiger partial charge in [-0.15, -0.1) is 0 Å². The number of carbonyl (C=O) groups is 2. The molecule has 2 heterocycles. The zero-order valence-corrected chi connectivity index (χ0v) is 14.7. The van der Waals surface area contributed by atoms with Gasteiger partial charge in [-0.05, 0) is 44.9 Å². The number of piperidine rings is 1. The van der Waals surface area contributed by atoms with Crippen molar-refractivity contribution in [3.63, 3.8) is 0 Å². The summed E-state index contributed by atoms with van der Waals surface area (Å²) in [5.74, 6) is -0.369. The van der Waals surface area contributed by atoms with E-state index in [9.17, 15) is 9.59 Å². The highest BCUT2D eigenvalue weighted by atomic mass is 16.2. The minimum absolute atomic E-state index is 0.0607. The molecule has 6 nitrogen and oxygen atoms in total. The van der Waals surface area contributed by atoms with Crippen LogP contribution >= 0.6 is 0 Å². The van der Waals surface area contributed by atoms with Gasteiger partial charge in [0, 0.05) is 30.2 Å². The Labute approximate surface area is 147 Å². The number of nitrogens with two attached hydrogens (primary N) is 1. The van der Waals surface area contributed by atoms with Gasteiger partial charge in [-0.1, -0.05) is 11.6 Å². The van der Waals surface area contributed by atoms with Crippen LogP contribution in [0.15, 0.2) is 24.3 Å². The molecule has 1 aliphatic heterocycles. The molecule has 0 saturated carbocycles. The molecular weight excluding hydrogens is 316 g/mol. The topological polar surface area (TPSA) is 88.3 Å². The fraction of sp³-hybridized carbons (Fsp3) is 0.421. The van der Waals surface area contributed by atoms with Crippen LogP contribution in [0.25, 0.3) is 10.9 Å². The number of hydrogen-bond acceptors (Lipinski definition) is 4. The number of aryl methyl sites for hydroxylation is 2. The number of amides is 2. The van der Waals surface area contributed by atoms with Crippen LogP contribution in [-0.2, 0) is 4.79 Å². The van der Waals surface area contributed by atoms with Gasteiger partial charge in [0.2, 0.25) is 5.91 Å². The molecule has 0 spiro atoms. The fourth-order valence-corrected chi connectivity index (χ4v) is 3.38. The lowest BCUT2D eigenvalue weighted by molar-refractivity contribution is -0.119. The Morgan fingerprint density at radius 1 is 1.24 bits per heavy atom. The monoisotopic (exact) mass is 340 g/mol. The van der Waals surface area contributed by atoms with E-state index >= 15 is 0 Å². The summed E-state index contributed by atoms with van der Waals surface area (Å²) in [4.78, 5) is 30.4. The summed E-state index contributed by atoms with van der Waals surface area (Å²) in [6.07, 6.45) is 1.64. The first kappa shape index (κ1) is 17.4. The first-order valence-electron chi connectivity index (χ1n) is 8.62. The molecule has 3 N–H and O–H groups in total. The number of primary amides is 1. The Morgan fingerprint density at radius 3 is 2.64 bits per heavy atom. The Kier molecular flexibility index (Phi) is 4.99. The number of hydrogen-bond donors (Lipinski definition) is 2. The third-order valence-electron chi connectivity index (χ3n) is 4.64. The molecule has 2 aromatic rings. The minimum atomic E-state index is -0.309. The standard InChI is InChI=1S/C19H24N4O2/c1-12-3-4-17-15(9-12)16(10-13(2)21-17)19(25)22-14-5-7-23(8-6-14)11-18(20)24/h3-4,9-10,14H,5-8,11H2,1-2H3,(H2,20,24)(H,22,25). The lowest BCUT2D eigenvalue weighted by atomic mass is 10.0. The van der Waals surface area contributed by atoms with E-state index in [4.69, 9.17) is 5.73 Å². The molecule has 132 valence electrons. The van der Waals surface area contributed by atoms with E-state index < -0.39 is 0 Å². The zero-order chi connectivity index (χ0) is 18.0. The summed E-state index contributed by atoms with van der Waals surface area (Å²) < 4.78 is 0. The van der Waals surface area contributed by atoms with Gasteiger partial charge in [-0.25, -0.2) is 0 Å². The zero-order valence-electron chi connectivity index (χ0n) is 14.7. The van der Waals surface area contributed by atoms with Crippen molar-refractivity contribution in [1.29, 1.82) is 0 Å². The van der Waals surface area contributed by atoms with Crippen molar-refractivity contribution in [3.8, 4) is 0 Å². The van der Waals surface area contributed by atoms with Crippen LogP contribution in [0.4, 0.5) is 0 Å². The Balaban J connectivity index is 1.73. The van der Waals surface area contributed by atoms with Gasteiger partial charge < -0.3 is 11.1 Å². The van der Waals surface area contributed by atoms with Crippen molar-refractivity contribution < 1.29 is 9.59 Å². The summed E-state index contributed by atoms with van der Waals surface area (Å²) in [5.41, 5.74) is 8.68. The van der Waals surface area contributed by atoms with Crippen LogP contribution in [0.1, 0.15) is 34.5 Å². The van der Waals surface area contributed by atoms with Crippen LogP contribution in [0.2, 0.25) is 0 Å². The van der Waals surface area contributed by atoms with Gasteiger partial charge >= 0.3 is 0 Å². The quantitative estimate of drug-likeness (QED) is 0.883. The van der Waals surface area contributed by atoms with Crippen LogP contribution in [0.5, 0.6) is 0 Å². The molecule has 0 unspecified atom stereocenters. The molecule has 0 radical (unpaired) electrons. The second-order valence-electron chi connectivity index (χ2n) is 6.82. The molecule has 0 atom stereocenters. The molecule has 2 amide bonds. The van der Waals surface area contributed by atoms with Crippen molar-refractivity contribution in [2.24, 2.45) is 5.73 Å². The van der Waals surface area contributed by atoms with Crippen LogP contribution in [0, 0.1) is 13.8 Å². The maximum Gasteiger partial charge on any atom is 0.252 e. The van der Waals surface area contributed by atoms with Crippen molar-refractivity contribution in [3.05, 3.63) is 41.1 Å². The average Bonchev–Trinajstić information content (AvgIpc) is 2.56. The van der Waals surface area contributed by atoms with E-state index in [1.165, 1.54) is 0 Å². The number of pyridine rings is 1. The molecule has 6 heteroatoms. The highest BCUT2D eigenvalue weighted by Crippen LogP contribution is 2.21. The molecule has 0 bridgehead atoms. The van der Waals surface area contributed by atoms with Crippen LogP contribution < -0.4 is 11.1 Å². The summed E-state index contributed by atoms with van der Waals surface area (Å²) >= 11 is 0. The Hall–Kier alpha value is -2.47. The van der Waals surface area contributed by atoms with Crippen molar-refractivity contribution in [2.75, 3.05) is 19.6 Å². The van der Waals surface area contributed by atoms with E-state index in [1.807, 2.05) is 43.0 Å². The van der Waals surface area contributed by atoms with E-state index in [-0.39, 0.29) is 24.4 Å². The predicted molar refractivity (Wildman–Crippen MR) is 97.3 cm³/mol. The fourth-order valence-electron chi connectivity index (χ4n) is 3.38. The van der Waals surface area contributed by atoms with Gasteiger partial charge in [0.15, 0.2) is 0 Å². The summed E-state index contributed by atoms with van der Waals surface area (Å²) in [7, 11) is 0. The van der Waals surface area contributed by atoms with Crippen molar-refractivity contribution in [2.45, 2.75) is 32.7 Å². The SMILES string of the molecule is Cc1ccc2nc(C)cc(C(=O)NC3CCN(CC(N)=O)CC3)c2c1. The van der Waals surface area contributed by atoms with Gasteiger partial charge in [0.25, 0.3) is 5.91 Å². The third-order valence-corrected chi connectivity index (χ3v) is 4.64. The van der Waals surface area contributed by atoms with Gasteiger partial charge in [-0.2, -0.15) is 0 Å². The number of nitrogens with one attached hydrogen (secondary N) is 1. The minimum Gasteiger partial charge on any atom is -0.369 e. The molecule has 3 rings (SSSR count). The second kappa shape index (κ2) is 7.19. The van der Waals surface area contributed by atoms with Gasteiger partial charge in [0.05, 0.1) is 17.6 Å². The number of rotatable bonds is 4. The second-order valence-corrected chi connectivity index (χ2v) is 6.82. The number of fused-ring (bicyclic) bond motifs is 1. The molecule has 1 saturated heterocycles. The molecule has 1 aromatic carbocycles. The smallest absolute Gasteiger partial charge is 0.252 e. The van der Waals surface area contributed by atoms with Gasteiger partial charge in [-0.3, -0.25) is 19.5 Å². The highest BCUT2D eigenvalue weighted by Gasteiger charge is 2.22. The normalized spacial score (nSPS) is 16.1. The number of carbonyl (C=O) groups excluding carboxylic acids is 2. The average molecular weight is 340 g/mol. The van der Waals surface area contributed by atoms with E-state index in [1.54, 1.807) is 0 Å². The maximum absolute atomic E-state index is 12.8. The molecule has 1 aromatic heterocycles. The van der Waals surface area contributed by atoms with Crippen LogP contribution in [0.3, 0.4) is 0 Å². The van der Waals surface area contributed by atoms with Crippen molar-refractivity contribution in [1.82, 2.24) is 15.2 Å². The molecular formula is C19H24N4O2. The third kappa shape index (κ3) is 4.14.